The van der Waals surface area contributed by atoms with Crippen molar-refractivity contribution in [1.82, 2.24) is 9.80 Å². The average molecular weight is 370 g/mol. The second kappa shape index (κ2) is 9.60. The maximum Gasteiger partial charge on any atom is 0.246 e. The first-order chi connectivity index (χ1) is 13.2. The van der Waals surface area contributed by atoms with Crippen molar-refractivity contribution in [2.75, 3.05) is 39.9 Å². The Morgan fingerprint density at radius 1 is 1.19 bits per heavy atom. The van der Waals surface area contributed by atoms with Gasteiger partial charge in [0.05, 0.1) is 7.11 Å². The van der Waals surface area contributed by atoms with Crippen LogP contribution in [0.3, 0.4) is 0 Å². The van der Waals surface area contributed by atoms with Crippen molar-refractivity contribution in [3.05, 3.63) is 42.5 Å². The highest BCUT2D eigenvalue weighted by Crippen LogP contribution is 2.28. The third-order valence-electron chi connectivity index (χ3n) is 5.43. The number of rotatable bonds is 7. The van der Waals surface area contributed by atoms with Gasteiger partial charge in [-0.15, -0.1) is 0 Å². The Morgan fingerprint density at radius 2 is 1.93 bits per heavy atom. The molecule has 5 nitrogen and oxygen atoms in total. The van der Waals surface area contributed by atoms with Crippen LogP contribution in [0.25, 0.3) is 6.08 Å². The highest BCUT2D eigenvalue weighted by atomic mass is 16.5. The standard InChI is InChI=1S/C22H30N2O3/c1-3-16-27-20-10-8-18(17-21(20)26-2)9-11-22(25)24-14-12-23(13-15-24)19-6-4-5-7-19/h3,8-11,17,19H,1,4-7,12-16H2,2H3/b11-9+. The molecule has 0 spiro atoms. The van der Waals surface area contributed by atoms with Gasteiger partial charge in [-0.2, -0.15) is 0 Å². The molecule has 0 atom stereocenters. The van der Waals surface area contributed by atoms with Gasteiger partial charge in [0, 0.05) is 38.3 Å². The molecule has 1 saturated carbocycles. The summed E-state index contributed by atoms with van der Waals surface area (Å²) in [4.78, 5) is 17.0. The van der Waals surface area contributed by atoms with Gasteiger partial charge < -0.3 is 14.4 Å². The zero-order valence-electron chi connectivity index (χ0n) is 16.2. The molecule has 1 heterocycles. The number of methoxy groups -OCH3 is 1. The Hall–Kier alpha value is -2.27. The number of amides is 1. The van der Waals surface area contributed by atoms with E-state index in [0.29, 0.717) is 18.1 Å². The molecule has 1 aromatic rings. The number of benzene rings is 1. The van der Waals surface area contributed by atoms with Gasteiger partial charge in [0.1, 0.15) is 6.61 Å². The zero-order valence-corrected chi connectivity index (χ0v) is 16.2. The molecule has 2 fully saturated rings. The summed E-state index contributed by atoms with van der Waals surface area (Å²) in [6.07, 6.45) is 10.5. The van der Waals surface area contributed by atoms with Crippen molar-refractivity contribution in [2.24, 2.45) is 0 Å². The van der Waals surface area contributed by atoms with E-state index in [4.69, 9.17) is 9.47 Å². The maximum absolute atomic E-state index is 12.5. The lowest BCUT2D eigenvalue weighted by Gasteiger charge is -2.37. The number of carbonyl (C=O) groups is 1. The van der Waals surface area contributed by atoms with Crippen LogP contribution in [-0.2, 0) is 4.79 Å². The van der Waals surface area contributed by atoms with Crippen molar-refractivity contribution in [2.45, 2.75) is 31.7 Å². The first-order valence-electron chi connectivity index (χ1n) is 9.84. The minimum atomic E-state index is 0.0759. The van der Waals surface area contributed by atoms with Gasteiger partial charge >= 0.3 is 0 Å². The van der Waals surface area contributed by atoms with Crippen LogP contribution in [0, 0.1) is 0 Å². The Kier molecular flexibility index (Phi) is 6.93. The molecule has 2 aliphatic rings. The fourth-order valence-corrected chi connectivity index (χ4v) is 3.91. The smallest absolute Gasteiger partial charge is 0.246 e. The first-order valence-corrected chi connectivity index (χ1v) is 9.84. The fraction of sp³-hybridized carbons (Fsp3) is 0.500. The van der Waals surface area contributed by atoms with E-state index >= 15 is 0 Å². The van der Waals surface area contributed by atoms with Crippen LogP contribution < -0.4 is 9.47 Å². The monoisotopic (exact) mass is 370 g/mol. The molecule has 0 aromatic heterocycles. The average Bonchev–Trinajstić information content (AvgIpc) is 3.25. The SMILES string of the molecule is C=CCOc1ccc(/C=C/C(=O)N2CCN(C3CCCC3)CC2)cc1OC. The summed E-state index contributed by atoms with van der Waals surface area (Å²) in [6, 6.07) is 6.39. The van der Waals surface area contributed by atoms with E-state index in [9.17, 15) is 4.79 Å². The van der Waals surface area contributed by atoms with Crippen molar-refractivity contribution in [3.63, 3.8) is 0 Å². The molecular formula is C22H30N2O3. The number of carbonyl (C=O) groups excluding carboxylic acids is 1. The predicted octanol–water partition coefficient (Wildman–Crippen LogP) is 3.36. The number of hydrogen-bond donors (Lipinski definition) is 0. The summed E-state index contributed by atoms with van der Waals surface area (Å²) in [5.41, 5.74) is 0.913. The summed E-state index contributed by atoms with van der Waals surface area (Å²) >= 11 is 0. The van der Waals surface area contributed by atoms with Crippen LogP contribution >= 0.6 is 0 Å². The molecule has 5 heteroatoms. The Bertz CT molecular complexity index is 672. The summed E-state index contributed by atoms with van der Waals surface area (Å²) in [6.45, 7) is 7.69. The molecule has 0 N–H and O–H groups in total. The second-order valence-corrected chi connectivity index (χ2v) is 7.14. The van der Waals surface area contributed by atoms with Crippen LogP contribution in [0.15, 0.2) is 36.9 Å². The van der Waals surface area contributed by atoms with Crippen LogP contribution in [-0.4, -0.2) is 61.6 Å². The number of hydrogen-bond acceptors (Lipinski definition) is 4. The topological polar surface area (TPSA) is 42.0 Å². The van der Waals surface area contributed by atoms with E-state index < -0.39 is 0 Å². The van der Waals surface area contributed by atoms with Crippen molar-refractivity contribution in [3.8, 4) is 11.5 Å². The summed E-state index contributed by atoms with van der Waals surface area (Å²) < 4.78 is 10.9. The highest BCUT2D eigenvalue weighted by molar-refractivity contribution is 5.92. The molecule has 1 aliphatic carbocycles. The molecule has 1 aliphatic heterocycles. The molecule has 3 rings (SSSR count). The Balaban J connectivity index is 1.54. The normalized spacial score (nSPS) is 18.8. The lowest BCUT2D eigenvalue weighted by atomic mass is 10.1. The van der Waals surface area contributed by atoms with Crippen LogP contribution in [0.2, 0.25) is 0 Å². The summed E-state index contributed by atoms with van der Waals surface area (Å²) in [5, 5.41) is 0. The van der Waals surface area contributed by atoms with Gasteiger partial charge in [0.2, 0.25) is 5.91 Å². The van der Waals surface area contributed by atoms with Gasteiger partial charge in [-0.3, -0.25) is 9.69 Å². The quantitative estimate of drug-likeness (QED) is 0.545. The van der Waals surface area contributed by atoms with Gasteiger partial charge in [0.15, 0.2) is 11.5 Å². The Labute approximate surface area is 162 Å². The molecule has 1 amide bonds. The molecule has 146 valence electrons. The van der Waals surface area contributed by atoms with Crippen molar-refractivity contribution >= 4 is 12.0 Å². The van der Waals surface area contributed by atoms with E-state index in [0.717, 1.165) is 37.8 Å². The van der Waals surface area contributed by atoms with E-state index in [-0.39, 0.29) is 5.91 Å². The van der Waals surface area contributed by atoms with E-state index in [1.54, 1.807) is 19.3 Å². The minimum Gasteiger partial charge on any atom is -0.493 e. The van der Waals surface area contributed by atoms with Gasteiger partial charge in [-0.25, -0.2) is 0 Å². The molecule has 0 bridgehead atoms. The number of piperazine rings is 1. The van der Waals surface area contributed by atoms with Gasteiger partial charge in [0.25, 0.3) is 0 Å². The molecule has 0 radical (unpaired) electrons. The van der Waals surface area contributed by atoms with Crippen LogP contribution in [0.5, 0.6) is 11.5 Å². The van der Waals surface area contributed by atoms with E-state index in [1.165, 1.54) is 25.7 Å². The third kappa shape index (κ3) is 5.13. The van der Waals surface area contributed by atoms with E-state index in [2.05, 4.69) is 11.5 Å². The van der Waals surface area contributed by atoms with E-state index in [1.807, 2.05) is 29.2 Å². The predicted molar refractivity (Wildman–Crippen MR) is 108 cm³/mol. The summed E-state index contributed by atoms with van der Waals surface area (Å²) in [5.74, 6) is 1.40. The minimum absolute atomic E-state index is 0.0759. The van der Waals surface area contributed by atoms with Gasteiger partial charge in [-0.05, 0) is 36.6 Å². The van der Waals surface area contributed by atoms with Crippen LogP contribution in [0.1, 0.15) is 31.2 Å². The number of ether oxygens (including phenoxy) is 2. The second-order valence-electron chi connectivity index (χ2n) is 7.14. The molecular weight excluding hydrogens is 340 g/mol. The third-order valence-corrected chi connectivity index (χ3v) is 5.43. The van der Waals surface area contributed by atoms with Crippen molar-refractivity contribution < 1.29 is 14.3 Å². The molecule has 0 unspecified atom stereocenters. The highest BCUT2D eigenvalue weighted by Gasteiger charge is 2.27. The first kappa shape index (κ1) is 19.5. The number of nitrogens with zero attached hydrogens (tertiary/aromatic N) is 2. The largest absolute Gasteiger partial charge is 0.493 e. The molecule has 1 aromatic carbocycles. The summed E-state index contributed by atoms with van der Waals surface area (Å²) in [7, 11) is 1.61. The Morgan fingerprint density at radius 3 is 2.59 bits per heavy atom. The zero-order chi connectivity index (χ0) is 19.1. The molecule has 27 heavy (non-hydrogen) atoms. The maximum atomic E-state index is 12.5. The lowest BCUT2D eigenvalue weighted by Crippen LogP contribution is -2.51. The van der Waals surface area contributed by atoms with Crippen LogP contribution in [0.4, 0.5) is 0 Å². The fourth-order valence-electron chi connectivity index (χ4n) is 3.91. The molecule has 1 saturated heterocycles. The van der Waals surface area contributed by atoms with Gasteiger partial charge in [-0.1, -0.05) is 31.6 Å². The van der Waals surface area contributed by atoms with Crippen molar-refractivity contribution in [1.29, 1.82) is 0 Å². The lowest BCUT2D eigenvalue weighted by molar-refractivity contribution is -0.127.